The highest BCUT2D eigenvalue weighted by molar-refractivity contribution is 6.36. The fourth-order valence-electron chi connectivity index (χ4n) is 1.96. The Kier molecular flexibility index (Phi) is 2.76. The van der Waals surface area contributed by atoms with Gasteiger partial charge in [0.05, 0.1) is 10.5 Å². The number of carbonyl (C=O) groups excluding carboxylic acids is 1. The largest absolute Gasteiger partial charge is 0.344 e. The molecule has 2 aromatic rings. The Balaban J connectivity index is 2.87. The van der Waals surface area contributed by atoms with E-state index in [2.05, 4.69) is 18.4 Å². The van der Waals surface area contributed by atoms with Crippen molar-refractivity contribution >= 4 is 28.3 Å². The Morgan fingerprint density at radius 2 is 2.06 bits per heavy atom. The van der Waals surface area contributed by atoms with Crippen molar-refractivity contribution < 1.29 is 4.79 Å². The van der Waals surface area contributed by atoms with Crippen LogP contribution in [-0.2, 0) is 0 Å². The quantitative estimate of drug-likeness (QED) is 0.719. The molecule has 1 heterocycles. The molecule has 0 aliphatic carbocycles. The molecule has 0 radical (unpaired) electrons. The van der Waals surface area contributed by atoms with Crippen LogP contribution in [0.15, 0.2) is 24.4 Å². The van der Waals surface area contributed by atoms with Crippen molar-refractivity contribution in [1.82, 2.24) is 4.57 Å². The third-order valence-corrected chi connectivity index (χ3v) is 3.06. The van der Waals surface area contributed by atoms with E-state index >= 15 is 0 Å². The molecular weight excluding hydrogens is 222 g/mol. The Labute approximate surface area is 99.8 Å². The fourth-order valence-corrected chi connectivity index (χ4v) is 2.23. The van der Waals surface area contributed by atoms with E-state index in [0.29, 0.717) is 16.6 Å². The van der Waals surface area contributed by atoms with E-state index in [1.165, 1.54) is 0 Å². The molecule has 0 saturated heterocycles. The van der Waals surface area contributed by atoms with Gasteiger partial charge in [0, 0.05) is 23.2 Å². The number of hydrogen-bond acceptors (Lipinski definition) is 1. The summed E-state index contributed by atoms with van der Waals surface area (Å²) in [5, 5.41) is 1.51. The van der Waals surface area contributed by atoms with Crippen molar-refractivity contribution in [1.29, 1.82) is 0 Å². The number of halogens is 1. The van der Waals surface area contributed by atoms with Crippen molar-refractivity contribution in [2.75, 3.05) is 0 Å². The molecule has 1 aromatic carbocycles. The molecule has 0 unspecified atom stereocenters. The molecule has 2 nitrogen and oxygen atoms in total. The molecule has 0 bridgehead atoms. The molecule has 16 heavy (non-hydrogen) atoms. The summed E-state index contributed by atoms with van der Waals surface area (Å²) in [5.41, 5.74) is 1.72. The average molecular weight is 236 g/mol. The van der Waals surface area contributed by atoms with Gasteiger partial charge in [0.2, 0.25) is 0 Å². The zero-order chi connectivity index (χ0) is 11.9. The lowest BCUT2D eigenvalue weighted by atomic mass is 10.1. The van der Waals surface area contributed by atoms with Gasteiger partial charge in [0.1, 0.15) is 0 Å². The second-order valence-corrected chi connectivity index (χ2v) is 4.64. The van der Waals surface area contributed by atoms with Gasteiger partial charge in [-0.25, -0.2) is 0 Å². The van der Waals surface area contributed by atoms with Crippen LogP contribution in [-0.4, -0.2) is 10.4 Å². The molecule has 1 aromatic heterocycles. The molecule has 0 fully saturated rings. The summed E-state index contributed by atoms with van der Waals surface area (Å²) in [6, 6.07) is 6.04. The fraction of sp³-hybridized carbons (Fsp3) is 0.308. The van der Waals surface area contributed by atoms with E-state index in [0.717, 1.165) is 10.9 Å². The Bertz CT molecular complexity index is 554. The predicted molar refractivity (Wildman–Crippen MR) is 67.3 cm³/mol. The maximum Gasteiger partial charge on any atom is 0.162 e. The van der Waals surface area contributed by atoms with Crippen LogP contribution in [0.2, 0.25) is 5.02 Å². The van der Waals surface area contributed by atoms with Crippen LogP contribution in [0.5, 0.6) is 0 Å². The summed E-state index contributed by atoms with van der Waals surface area (Å²) in [6.45, 7) is 5.75. The predicted octanol–water partition coefficient (Wildman–Crippen LogP) is 4.08. The molecule has 84 valence electrons. The van der Waals surface area contributed by atoms with Crippen LogP contribution in [0.4, 0.5) is 0 Å². The number of rotatable bonds is 2. The minimum absolute atomic E-state index is 0.0532. The third kappa shape index (κ3) is 1.63. The summed E-state index contributed by atoms with van der Waals surface area (Å²) in [5.74, 6) is 0.0532. The van der Waals surface area contributed by atoms with Gasteiger partial charge in [0.25, 0.3) is 0 Å². The number of ketones is 1. The number of benzene rings is 1. The Hall–Kier alpha value is -1.28. The third-order valence-electron chi connectivity index (χ3n) is 2.74. The van der Waals surface area contributed by atoms with E-state index in [4.69, 9.17) is 11.6 Å². The van der Waals surface area contributed by atoms with Crippen molar-refractivity contribution in [3.05, 3.63) is 35.0 Å². The second kappa shape index (κ2) is 3.95. The van der Waals surface area contributed by atoms with Crippen molar-refractivity contribution in [3.63, 3.8) is 0 Å². The van der Waals surface area contributed by atoms with Gasteiger partial charge in [-0.2, -0.15) is 0 Å². The van der Waals surface area contributed by atoms with Crippen molar-refractivity contribution in [2.45, 2.75) is 26.8 Å². The Morgan fingerprint density at radius 3 is 2.62 bits per heavy atom. The van der Waals surface area contributed by atoms with E-state index in [1.54, 1.807) is 6.92 Å². The van der Waals surface area contributed by atoms with Crippen LogP contribution in [0.1, 0.15) is 37.2 Å². The number of hydrogen-bond donors (Lipinski definition) is 0. The molecular formula is C13H14ClNO. The van der Waals surface area contributed by atoms with Crippen LogP contribution < -0.4 is 0 Å². The molecule has 0 atom stereocenters. The lowest BCUT2D eigenvalue weighted by molar-refractivity contribution is 0.101. The second-order valence-electron chi connectivity index (χ2n) is 4.23. The van der Waals surface area contributed by atoms with Gasteiger partial charge in [-0.15, -0.1) is 0 Å². The zero-order valence-corrected chi connectivity index (χ0v) is 10.4. The standard InChI is InChI=1S/C13H14ClNO/c1-8(2)15-7-10(9(3)16)13-11(14)5-4-6-12(13)15/h4-8H,1-3H3. The number of nitrogens with zero attached hydrogens (tertiary/aromatic N) is 1. The molecule has 2 rings (SSSR count). The van der Waals surface area contributed by atoms with E-state index in [9.17, 15) is 4.79 Å². The molecule has 0 spiro atoms. The summed E-state index contributed by atoms with van der Waals surface area (Å²) < 4.78 is 2.08. The van der Waals surface area contributed by atoms with Crippen LogP contribution in [0.25, 0.3) is 10.9 Å². The minimum atomic E-state index is 0.0532. The number of carbonyl (C=O) groups is 1. The van der Waals surface area contributed by atoms with E-state index in [-0.39, 0.29) is 5.78 Å². The molecule has 0 saturated carbocycles. The maximum absolute atomic E-state index is 11.6. The van der Waals surface area contributed by atoms with Gasteiger partial charge in [-0.3, -0.25) is 4.79 Å². The van der Waals surface area contributed by atoms with Crippen LogP contribution in [0, 0.1) is 0 Å². The first-order valence-electron chi connectivity index (χ1n) is 5.32. The highest BCUT2D eigenvalue weighted by atomic mass is 35.5. The first kappa shape index (κ1) is 11.2. The van der Waals surface area contributed by atoms with Gasteiger partial charge < -0.3 is 4.57 Å². The molecule has 0 aliphatic rings. The van der Waals surface area contributed by atoms with E-state index < -0.39 is 0 Å². The van der Waals surface area contributed by atoms with Gasteiger partial charge in [-0.05, 0) is 32.9 Å². The summed E-state index contributed by atoms with van der Waals surface area (Å²) in [4.78, 5) is 11.6. The normalized spacial score (nSPS) is 11.3. The minimum Gasteiger partial charge on any atom is -0.344 e. The Morgan fingerprint density at radius 1 is 1.38 bits per heavy atom. The molecule has 3 heteroatoms. The lowest BCUT2D eigenvalue weighted by Gasteiger charge is -2.08. The highest BCUT2D eigenvalue weighted by Gasteiger charge is 2.15. The monoisotopic (exact) mass is 235 g/mol. The van der Waals surface area contributed by atoms with Gasteiger partial charge in [-0.1, -0.05) is 17.7 Å². The van der Waals surface area contributed by atoms with Crippen molar-refractivity contribution in [3.8, 4) is 0 Å². The lowest BCUT2D eigenvalue weighted by Crippen LogP contribution is -1.98. The molecule has 0 N–H and O–H groups in total. The molecule has 0 amide bonds. The topological polar surface area (TPSA) is 22.0 Å². The number of fused-ring (bicyclic) bond motifs is 1. The summed E-state index contributed by atoms with van der Waals surface area (Å²) >= 11 is 6.16. The van der Waals surface area contributed by atoms with Crippen LogP contribution >= 0.6 is 11.6 Å². The van der Waals surface area contributed by atoms with Crippen LogP contribution in [0.3, 0.4) is 0 Å². The van der Waals surface area contributed by atoms with Crippen molar-refractivity contribution in [2.24, 2.45) is 0 Å². The van der Waals surface area contributed by atoms with Gasteiger partial charge in [0.15, 0.2) is 5.78 Å². The SMILES string of the molecule is CC(=O)c1cn(C(C)C)c2cccc(Cl)c12. The first-order valence-corrected chi connectivity index (χ1v) is 5.70. The summed E-state index contributed by atoms with van der Waals surface area (Å²) in [7, 11) is 0. The van der Waals surface area contributed by atoms with E-state index in [1.807, 2.05) is 24.4 Å². The smallest absolute Gasteiger partial charge is 0.162 e. The number of aromatic nitrogens is 1. The zero-order valence-electron chi connectivity index (χ0n) is 9.62. The average Bonchev–Trinajstić information content (AvgIpc) is 2.58. The molecule has 0 aliphatic heterocycles. The maximum atomic E-state index is 11.6. The summed E-state index contributed by atoms with van der Waals surface area (Å²) in [6.07, 6.45) is 1.89. The first-order chi connectivity index (χ1) is 7.52. The van der Waals surface area contributed by atoms with Gasteiger partial charge >= 0.3 is 0 Å². The number of Topliss-reactive ketones (excluding diaryl/α,β-unsaturated/α-hetero) is 1. The highest BCUT2D eigenvalue weighted by Crippen LogP contribution is 2.30.